The molecule has 1 heterocycles. The quantitative estimate of drug-likeness (QED) is 0.857. The van der Waals surface area contributed by atoms with Crippen LogP contribution < -0.4 is 5.32 Å². The molecule has 1 aliphatic heterocycles. The minimum atomic E-state index is -0.329. The lowest BCUT2D eigenvalue weighted by Crippen LogP contribution is -2.57. The zero-order valence-corrected chi connectivity index (χ0v) is 15.9. The summed E-state index contributed by atoms with van der Waals surface area (Å²) in [6, 6.07) is 0.308. The van der Waals surface area contributed by atoms with Gasteiger partial charge in [-0.1, -0.05) is 47.0 Å². The third-order valence-corrected chi connectivity index (χ3v) is 5.32. The Morgan fingerprint density at radius 1 is 1.04 bits per heavy atom. The molecule has 0 spiro atoms. The first-order valence-corrected chi connectivity index (χ1v) is 9.66. The van der Waals surface area contributed by atoms with Crippen LogP contribution >= 0.6 is 0 Å². The van der Waals surface area contributed by atoms with Gasteiger partial charge in [-0.05, 0) is 19.3 Å². The normalized spacial score (nSPS) is 22.2. The van der Waals surface area contributed by atoms with Gasteiger partial charge in [0, 0.05) is 37.6 Å². The third kappa shape index (κ3) is 4.95. The van der Waals surface area contributed by atoms with E-state index in [0.29, 0.717) is 6.04 Å². The van der Waals surface area contributed by atoms with Crippen LogP contribution in [0.4, 0.5) is 0 Å². The average molecular weight is 338 g/mol. The molecule has 24 heavy (non-hydrogen) atoms. The summed E-state index contributed by atoms with van der Waals surface area (Å²) < 4.78 is 0. The highest BCUT2D eigenvalue weighted by Gasteiger charge is 2.33. The largest absolute Gasteiger partial charge is 0.352 e. The van der Waals surface area contributed by atoms with E-state index in [1.165, 1.54) is 19.3 Å². The van der Waals surface area contributed by atoms with Crippen molar-refractivity contribution in [2.24, 2.45) is 5.41 Å². The van der Waals surface area contributed by atoms with E-state index in [0.717, 1.165) is 45.4 Å². The fourth-order valence-corrected chi connectivity index (χ4v) is 3.86. The highest BCUT2D eigenvalue weighted by molar-refractivity contribution is 5.83. The maximum absolute atomic E-state index is 12.7. The van der Waals surface area contributed by atoms with Gasteiger partial charge in [-0.2, -0.15) is 0 Å². The molecule has 0 aromatic carbocycles. The summed E-state index contributed by atoms with van der Waals surface area (Å²) in [5, 5.41) is 3.26. The van der Waals surface area contributed by atoms with Gasteiger partial charge in [-0.3, -0.25) is 14.5 Å². The monoisotopic (exact) mass is 337 g/mol. The first kappa shape index (κ1) is 19.2. The van der Waals surface area contributed by atoms with Gasteiger partial charge in [0.15, 0.2) is 0 Å². The summed E-state index contributed by atoms with van der Waals surface area (Å²) in [7, 11) is 0. The summed E-state index contributed by atoms with van der Waals surface area (Å²) in [5.74, 6) is 0.391. The van der Waals surface area contributed by atoms with Crippen LogP contribution in [0.25, 0.3) is 0 Å². The lowest BCUT2D eigenvalue weighted by Gasteiger charge is -2.40. The van der Waals surface area contributed by atoms with Gasteiger partial charge in [0.1, 0.15) is 0 Å². The van der Waals surface area contributed by atoms with E-state index >= 15 is 0 Å². The Bertz CT molecular complexity index is 430. The average Bonchev–Trinajstić information content (AvgIpc) is 2.55. The van der Waals surface area contributed by atoms with Gasteiger partial charge in [-0.25, -0.2) is 0 Å². The van der Waals surface area contributed by atoms with E-state index in [1.54, 1.807) is 0 Å². The number of piperazine rings is 1. The standard InChI is InChI=1S/C19H35N3O2/c1-5-16(17(23)20-15-9-7-6-8-10-15)21-11-13-22(14-12-21)18(24)19(2,3)4/h15-16H,5-14H2,1-4H3,(H,20,23)/t16-/m0/s1. The molecule has 1 saturated heterocycles. The minimum Gasteiger partial charge on any atom is -0.352 e. The Balaban J connectivity index is 1.86. The Hall–Kier alpha value is -1.10. The molecule has 0 bridgehead atoms. The van der Waals surface area contributed by atoms with Crippen LogP contribution in [0.15, 0.2) is 0 Å². The van der Waals surface area contributed by atoms with Gasteiger partial charge in [0.2, 0.25) is 11.8 Å². The van der Waals surface area contributed by atoms with Crippen LogP contribution in [0.5, 0.6) is 0 Å². The predicted octanol–water partition coefficient (Wildman–Crippen LogP) is 2.40. The molecule has 1 saturated carbocycles. The van der Waals surface area contributed by atoms with E-state index < -0.39 is 0 Å². The molecule has 0 unspecified atom stereocenters. The van der Waals surface area contributed by atoms with E-state index in [-0.39, 0.29) is 23.3 Å². The number of nitrogens with one attached hydrogen (secondary N) is 1. The van der Waals surface area contributed by atoms with E-state index in [4.69, 9.17) is 0 Å². The van der Waals surface area contributed by atoms with Gasteiger partial charge < -0.3 is 10.2 Å². The number of hydrogen-bond acceptors (Lipinski definition) is 3. The molecule has 1 aliphatic carbocycles. The Kier molecular flexibility index (Phi) is 6.67. The molecule has 2 aliphatic rings. The molecule has 1 N–H and O–H groups in total. The van der Waals surface area contributed by atoms with Crippen molar-refractivity contribution in [1.82, 2.24) is 15.1 Å². The molecule has 2 rings (SSSR count). The SMILES string of the molecule is CC[C@@H](C(=O)NC1CCCCC1)N1CCN(C(=O)C(C)(C)C)CC1. The van der Waals surface area contributed by atoms with Crippen LogP contribution in [0.2, 0.25) is 0 Å². The number of hydrogen-bond donors (Lipinski definition) is 1. The lowest BCUT2D eigenvalue weighted by atomic mass is 9.94. The molecule has 0 radical (unpaired) electrons. The highest BCUT2D eigenvalue weighted by Crippen LogP contribution is 2.21. The number of rotatable bonds is 4. The summed E-state index contributed by atoms with van der Waals surface area (Å²) in [4.78, 5) is 29.3. The Morgan fingerprint density at radius 2 is 1.62 bits per heavy atom. The fraction of sp³-hybridized carbons (Fsp3) is 0.895. The highest BCUT2D eigenvalue weighted by atomic mass is 16.2. The van der Waals surface area contributed by atoms with Gasteiger partial charge in [0.05, 0.1) is 6.04 Å². The Labute approximate surface area is 147 Å². The van der Waals surface area contributed by atoms with Crippen molar-refractivity contribution in [2.45, 2.75) is 78.3 Å². The van der Waals surface area contributed by atoms with Crippen molar-refractivity contribution >= 4 is 11.8 Å². The van der Waals surface area contributed by atoms with E-state index in [9.17, 15) is 9.59 Å². The summed E-state index contributed by atoms with van der Waals surface area (Å²) in [6.07, 6.45) is 6.83. The maximum atomic E-state index is 12.7. The van der Waals surface area contributed by atoms with Crippen LogP contribution in [0.3, 0.4) is 0 Å². The number of nitrogens with zero attached hydrogens (tertiary/aromatic N) is 2. The third-order valence-electron chi connectivity index (χ3n) is 5.32. The molecule has 2 amide bonds. The van der Waals surface area contributed by atoms with Crippen molar-refractivity contribution in [3.05, 3.63) is 0 Å². The van der Waals surface area contributed by atoms with Crippen LogP contribution in [0, 0.1) is 5.41 Å². The van der Waals surface area contributed by atoms with Crippen LogP contribution in [0.1, 0.15) is 66.2 Å². The molecule has 5 nitrogen and oxygen atoms in total. The number of carbonyl (C=O) groups excluding carboxylic acids is 2. The molecule has 2 fully saturated rings. The number of carbonyl (C=O) groups is 2. The summed E-state index contributed by atoms with van der Waals surface area (Å²) in [6.45, 7) is 11.0. The molecule has 0 aromatic rings. The van der Waals surface area contributed by atoms with Crippen molar-refractivity contribution < 1.29 is 9.59 Å². The second kappa shape index (κ2) is 8.32. The first-order valence-electron chi connectivity index (χ1n) is 9.66. The smallest absolute Gasteiger partial charge is 0.237 e. The fourth-order valence-electron chi connectivity index (χ4n) is 3.86. The first-order chi connectivity index (χ1) is 11.3. The number of amides is 2. The van der Waals surface area contributed by atoms with Crippen molar-refractivity contribution in [1.29, 1.82) is 0 Å². The molecule has 0 aromatic heterocycles. The topological polar surface area (TPSA) is 52.7 Å². The zero-order chi connectivity index (χ0) is 17.7. The van der Waals surface area contributed by atoms with Crippen molar-refractivity contribution in [2.75, 3.05) is 26.2 Å². The maximum Gasteiger partial charge on any atom is 0.237 e. The molecular formula is C19H35N3O2. The second-order valence-electron chi connectivity index (χ2n) is 8.35. The van der Waals surface area contributed by atoms with Crippen molar-refractivity contribution in [3.63, 3.8) is 0 Å². The zero-order valence-electron chi connectivity index (χ0n) is 15.9. The molecule has 1 atom stereocenters. The minimum absolute atomic E-state index is 0.0567. The predicted molar refractivity (Wildman–Crippen MR) is 96.7 cm³/mol. The van der Waals surface area contributed by atoms with E-state index in [2.05, 4.69) is 17.1 Å². The van der Waals surface area contributed by atoms with Crippen LogP contribution in [-0.4, -0.2) is 59.9 Å². The van der Waals surface area contributed by atoms with Crippen molar-refractivity contribution in [3.8, 4) is 0 Å². The van der Waals surface area contributed by atoms with E-state index in [1.807, 2.05) is 25.7 Å². The van der Waals surface area contributed by atoms with Gasteiger partial charge in [0.25, 0.3) is 0 Å². The molecule has 5 heteroatoms. The van der Waals surface area contributed by atoms with Crippen LogP contribution in [-0.2, 0) is 9.59 Å². The summed E-state index contributed by atoms with van der Waals surface area (Å²) in [5.41, 5.74) is -0.329. The van der Waals surface area contributed by atoms with Gasteiger partial charge >= 0.3 is 0 Å². The Morgan fingerprint density at radius 3 is 2.12 bits per heavy atom. The molecular weight excluding hydrogens is 302 g/mol. The molecule has 138 valence electrons. The second-order valence-corrected chi connectivity index (χ2v) is 8.35. The lowest BCUT2D eigenvalue weighted by molar-refractivity contribution is -0.142. The summed E-state index contributed by atoms with van der Waals surface area (Å²) >= 11 is 0. The van der Waals surface area contributed by atoms with Gasteiger partial charge in [-0.15, -0.1) is 0 Å².